The van der Waals surface area contributed by atoms with Crippen molar-refractivity contribution in [3.63, 3.8) is 0 Å². The number of rotatable bonds is 9. The number of hydrogen-bond acceptors (Lipinski definition) is 7. The zero-order chi connectivity index (χ0) is 31.4. The molecule has 12 heteroatoms. The van der Waals surface area contributed by atoms with Crippen molar-refractivity contribution in [2.24, 2.45) is 0 Å². The molecule has 4 aromatic rings. The lowest BCUT2D eigenvalue weighted by Crippen LogP contribution is -2.55. The Morgan fingerprint density at radius 3 is 2.48 bits per heavy atom. The molecule has 0 N–H and O–H groups in total. The minimum absolute atomic E-state index is 0.0386. The van der Waals surface area contributed by atoms with Crippen LogP contribution in [0, 0.1) is 24.0 Å². The number of thioether (sulfide) groups is 1. The van der Waals surface area contributed by atoms with Crippen LogP contribution in [0.5, 0.6) is 0 Å². The maximum atomic E-state index is 13.1. The van der Waals surface area contributed by atoms with Crippen LogP contribution >= 0.6 is 23.4 Å². The predicted molar refractivity (Wildman–Crippen MR) is 171 cm³/mol. The highest BCUT2D eigenvalue weighted by atomic mass is 35.5. The maximum Gasteiger partial charge on any atom is 0.270 e. The van der Waals surface area contributed by atoms with E-state index in [2.05, 4.69) is 65.0 Å². The van der Waals surface area contributed by atoms with Gasteiger partial charge in [0.25, 0.3) is 11.6 Å². The van der Waals surface area contributed by atoms with Crippen molar-refractivity contribution >= 4 is 40.9 Å². The van der Waals surface area contributed by atoms with Gasteiger partial charge in [-0.3, -0.25) is 24.3 Å². The molecule has 10 nitrogen and oxygen atoms in total. The summed E-state index contributed by atoms with van der Waals surface area (Å²) in [5.74, 6) is 1.20. The number of halogens is 1. The first-order valence-corrected chi connectivity index (χ1v) is 15.7. The number of carbonyl (C=O) groups is 2. The van der Waals surface area contributed by atoms with Crippen LogP contribution in [0.1, 0.15) is 41.3 Å². The number of carbonyl (C=O) groups excluding carboxylic acids is 2. The molecule has 228 valence electrons. The first kappa shape index (κ1) is 31.2. The minimum atomic E-state index is -0.552. The third-order valence-corrected chi connectivity index (χ3v) is 9.03. The number of amides is 2. The van der Waals surface area contributed by atoms with Crippen LogP contribution in [-0.4, -0.2) is 72.7 Å². The molecule has 1 aliphatic rings. The molecule has 2 amide bonds. The van der Waals surface area contributed by atoms with E-state index >= 15 is 0 Å². The van der Waals surface area contributed by atoms with E-state index in [1.54, 1.807) is 21.6 Å². The Morgan fingerprint density at radius 1 is 1.05 bits per heavy atom. The molecule has 1 fully saturated rings. The van der Waals surface area contributed by atoms with Gasteiger partial charge >= 0.3 is 0 Å². The largest absolute Gasteiger partial charge is 0.339 e. The molecular formula is C32H33ClN6O4S. The predicted octanol–water partition coefficient (Wildman–Crippen LogP) is 6.36. The first-order chi connectivity index (χ1) is 21.1. The molecule has 0 saturated carbocycles. The lowest BCUT2D eigenvalue weighted by atomic mass is 10.1. The number of benzene rings is 3. The van der Waals surface area contributed by atoms with E-state index in [0.29, 0.717) is 38.2 Å². The number of non-ortho nitro benzene ring substituents is 1. The van der Waals surface area contributed by atoms with Crippen LogP contribution in [-0.2, 0) is 4.79 Å². The van der Waals surface area contributed by atoms with Crippen molar-refractivity contribution < 1.29 is 14.5 Å². The van der Waals surface area contributed by atoms with Crippen LogP contribution in [0.2, 0.25) is 5.02 Å². The lowest BCUT2D eigenvalue weighted by Gasteiger charge is -2.40. The zero-order valence-corrected chi connectivity index (χ0v) is 26.3. The molecule has 44 heavy (non-hydrogen) atoms. The molecule has 0 radical (unpaired) electrons. The summed E-state index contributed by atoms with van der Waals surface area (Å²) in [4.78, 5) is 40.2. The summed E-state index contributed by atoms with van der Waals surface area (Å²) in [5, 5.41) is 20.9. The van der Waals surface area contributed by atoms with Crippen molar-refractivity contribution in [1.82, 2.24) is 24.6 Å². The fourth-order valence-electron chi connectivity index (χ4n) is 5.26. The highest BCUT2D eigenvalue weighted by Gasteiger charge is 2.31. The number of hydrogen-bond donors (Lipinski definition) is 0. The average Bonchev–Trinajstić information content (AvgIpc) is 3.42. The number of aromatic nitrogens is 3. The fraction of sp³-hybridized carbons (Fsp3) is 0.312. The van der Waals surface area contributed by atoms with Gasteiger partial charge in [-0.1, -0.05) is 71.4 Å². The van der Waals surface area contributed by atoms with E-state index in [-0.39, 0.29) is 34.1 Å². The Kier molecular flexibility index (Phi) is 9.65. The van der Waals surface area contributed by atoms with E-state index < -0.39 is 4.92 Å². The van der Waals surface area contributed by atoms with Crippen LogP contribution in [0.25, 0.3) is 17.1 Å². The van der Waals surface area contributed by atoms with Crippen LogP contribution < -0.4 is 0 Å². The van der Waals surface area contributed by atoms with E-state index in [4.69, 9.17) is 11.6 Å². The number of para-hydroxylation sites is 1. The molecule has 1 saturated heterocycles. The van der Waals surface area contributed by atoms with E-state index in [9.17, 15) is 19.7 Å². The Bertz CT molecular complexity index is 1690. The Morgan fingerprint density at radius 2 is 1.80 bits per heavy atom. The Balaban J connectivity index is 1.18. The van der Waals surface area contributed by atoms with Gasteiger partial charge in [-0.15, -0.1) is 10.2 Å². The normalized spacial score (nSPS) is 15.0. The highest BCUT2D eigenvalue weighted by molar-refractivity contribution is 7.99. The fourth-order valence-corrected chi connectivity index (χ4v) is 6.40. The lowest BCUT2D eigenvalue weighted by molar-refractivity contribution is -0.384. The van der Waals surface area contributed by atoms with Crippen molar-refractivity contribution in [3.8, 4) is 17.1 Å². The summed E-state index contributed by atoms with van der Waals surface area (Å²) in [6.07, 6.45) is 1.04. The van der Waals surface area contributed by atoms with Gasteiger partial charge in [0.1, 0.15) is 0 Å². The van der Waals surface area contributed by atoms with Crippen LogP contribution in [0.3, 0.4) is 0 Å². The van der Waals surface area contributed by atoms with Gasteiger partial charge in [0.05, 0.1) is 21.2 Å². The smallest absolute Gasteiger partial charge is 0.270 e. The second-order valence-electron chi connectivity index (χ2n) is 10.9. The molecule has 0 spiro atoms. The van der Waals surface area contributed by atoms with Gasteiger partial charge < -0.3 is 9.80 Å². The summed E-state index contributed by atoms with van der Waals surface area (Å²) in [7, 11) is 0. The molecule has 0 aliphatic carbocycles. The molecule has 1 aromatic heterocycles. The highest BCUT2D eigenvalue weighted by Crippen LogP contribution is 2.30. The first-order valence-electron chi connectivity index (χ1n) is 14.4. The molecule has 5 rings (SSSR count). The summed E-state index contributed by atoms with van der Waals surface area (Å²) in [5.41, 5.74) is 4.32. The molecule has 2 heterocycles. The third kappa shape index (κ3) is 6.79. The number of piperazine rings is 1. The third-order valence-electron chi connectivity index (χ3n) is 7.70. The minimum Gasteiger partial charge on any atom is -0.339 e. The average molecular weight is 633 g/mol. The standard InChI is InChI=1S/C32H33ClN6O4S/c1-21-10-12-24(13-11-21)30-34-35-32(38(30)28-8-5-4-7-22(28)2)44-18-6-9-29(40)36-16-17-37(23(3)20-36)31(41)26-15-14-25(39(42)43)19-27(26)33/h4-5,7-8,10-15,19,23H,6,9,16-18,20H2,1-3H3. The van der Waals surface area contributed by atoms with Crippen molar-refractivity contribution in [3.05, 3.63) is 98.6 Å². The molecule has 1 aliphatic heterocycles. The number of nitro groups is 1. The van der Waals surface area contributed by atoms with E-state index in [1.807, 2.05) is 19.1 Å². The Hall–Kier alpha value is -4.22. The SMILES string of the molecule is Cc1ccc(-c2nnc(SCCCC(=O)N3CCN(C(=O)c4ccc([N+](=O)[O-])cc4Cl)C(C)C3)n2-c2ccccc2C)cc1. The van der Waals surface area contributed by atoms with Crippen molar-refractivity contribution in [2.75, 3.05) is 25.4 Å². The van der Waals surface area contributed by atoms with Crippen molar-refractivity contribution in [1.29, 1.82) is 0 Å². The number of nitrogens with zero attached hydrogens (tertiary/aromatic N) is 6. The van der Waals surface area contributed by atoms with Gasteiger partial charge in [-0.2, -0.15) is 0 Å². The molecular weight excluding hydrogens is 600 g/mol. The molecule has 3 aromatic carbocycles. The summed E-state index contributed by atoms with van der Waals surface area (Å²) in [6, 6.07) is 20.0. The maximum absolute atomic E-state index is 13.1. The molecule has 0 bridgehead atoms. The van der Waals surface area contributed by atoms with Gasteiger partial charge in [0.2, 0.25) is 5.91 Å². The second-order valence-corrected chi connectivity index (χ2v) is 12.3. The zero-order valence-electron chi connectivity index (χ0n) is 24.8. The Labute approximate surface area is 265 Å². The van der Waals surface area contributed by atoms with E-state index in [0.717, 1.165) is 27.8 Å². The summed E-state index contributed by atoms with van der Waals surface area (Å²) in [6.45, 7) is 7.18. The number of aryl methyl sites for hydroxylation is 2. The number of nitro benzene ring substituents is 1. The van der Waals surface area contributed by atoms with Gasteiger partial charge in [-0.25, -0.2) is 0 Å². The van der Waals surface area contributed by atoms with E-state index in [1.165, 1.54) is 23.8 Å². The quantitative estimate of drug-likeness (QED) is 0.0913. The van der Waals surface area contributed by atoms with Crippen LogP contribution in [0.4, 0.5) is 5.69 Å². The van der Waals surface area contributed by atoms with Crippen LogP contribution in [0.15, 0.2) is 71.9 Å². The topological polar surface area (TPSA) is 114 Å². The monoisotopic (exact) mass is 632 g/mol. The van der Waals surface area contributed by atoms with Gasteiger partial charge in [0, 0.05) is 55.5 Å². The molecule has 1 atom stereocenters. The summed E-state index contributed by atoms with van der Waals surface area (Å²) >= 11 is 7.77. The van der Waals surface area contributed by atoms with Gasteiger partial charge in [0.15, 0.2) is 11.0 Å². The van der Waals surface area contributed by atoms with Crippen molar-refractivity contribution in [2.45, 2.75) is 44.8 Å². The molecule has 1 unspecified atom stereocenters. The second kappa shape index (κ2) is 13.6. The van der Waals surface area contributed by atoms with Gasteiger partial charge in [-0.05, 0) is 44.9 Å². The summed E-state index contributed by atoms with van der Waals surface area (Å²) < 4.78 is 2.08.